The molecule has 13 heavy (non-hydrogen) atoms. The van der Waals surface area contributed by atoms with Gasteiger partial charge in [-0.25, -0.2) is 0 Å². The van der Waals surface area contributed by atoms with Gasteiger partial charge in [-0.2, -0.15) is 5.10 Å². The van der Waals surface area contributed by atoms with Crippen molar-refractivity contribution in [1.82, 2.24) is 9.78 Å². The van der Waals surface area contributed by atoms with E-state index in [4.69, 9.17) is 5.73 Å². The number of hydrogen-bond acceptors (Lipinski definition) is 4. The molecule has 70 valence electrons. The third-order valence-corrected chi connectivity index (χ3v) is 1.46. The van der Waals surface area contributed by atoms with Gasteiger partial charge in [-0.1, -0.05) is 0 Å². The van der Waals surface area contributed by atoms with Crippen LogP contribution < -0.4 is 5.73 Å². The highest BCUT2D eigenvalue weighted by molar-refractivity contribution is 5.90. The molecule has 0 aliphatic carbocycles. The molecule has 6 nitrogen and oxygen atoms in total. The fourth-order valence-electron chi connectivity index (χ4n) is 0.907. The summed E-state index contributed by atoms with van der Waals surface area (Å²) in [5.41, 5.74) is 5.35. The van der Waals surface area contributed by atoms with E-state index in [-0.39, 0.29) is 6.61 Å². The molecule has 1 heterocycles. The zero-order valence-corrected chi connectivity index (χ0v) is 6.84. The molecule has 0 fully saturated rings. The van der Waals surface area contributed by atoms with E-state index in [1.54, 1.807) is 0 Å². The van der Waals surface area contributed by atoms with E-state index < -0.39 is 5.91 Å². The molecule has 1 amide bonds. The lowest BCUT2D eigenvalue weighted by Crippen LogP contribution is -2.19. The van der Waals surface area contributed by atoms with Crippen molar-refractivity contribution in [1.29, 1.82) is 0 Å². The summed E-state index contributed by atoms with van der Waals surface area (Å²) < 4.78 is 5.83. The summed E-state index contributed by atoms with van der Waals surface area (Å²) in [5.74, 6) is -0.552. The first-order valence-corrected chi connectivity index (χ1v) is 3.62. The van der Waals surface area contributed by atoms with Gasteiger partial charge in [0.1, 0.15) is 12.3 Å². The van der Waals surface area contributed by atoms with Crippen LogP contribution in [0.4, 0.5) is 0 Å². The van der Waals surface area contributed by atoms with Gasteiger partial charge >= 0.3 is 0 Å². The van der Waals surface area contributed by atoms with Crippen LogP contribution in [0.1, 0.15) is 10.5 Å². The highest BCUT2D eigenvalue weighted by Gasteiger charge is 2.06. The van der Waals surface area contributed by atoms with Crippen LogP contribution in [0.2, 0.25) is 0 Å². The monoisotopic (exact) mass is 183 g/mol. The minimum absolute atomic E-state index is 0.172. The summed E-state index contributed by atoms with van der Waals surface area (Å²) in [6.07, 6.45) is 1.46. The predicted octanol–water partition coefficient (Wildman–Crippen LogP) is -0.845. The lowest BCUT2D eigenvalue weighted by Gasteiger charge is -2.02. The fraction of sp³-hybridized carbons (Fsp3) is 0.286. The van der Waals surface area contributed by atoms with Crippen LogP contribution in [-0.2, 0) is 16.1 Å². The van der Waals surface area contributed by atoms with Crippen molar-refractivity contribution in [3.05, 3.63) is 18.0 Å². The Labute approximate surface area is 74.3 Å². The Morgan fingerprint density at radius 1 is 1.77 bits per heavy atom. The van der Waals surface area contributed by atoms with Crippen LogP contribution in [0.15, 0.2) is 12.3 Å². The second kappa shape index (κ2) is 4.24. The first kappa shape index (κ1) is 9.24. The summed E-state index contributed by atoms with van der Waals surface area (Å²) >= 11 is 0. The Balaban J connectivity index is 2.60. The maximum absolute atomic E-state index is 10.8. The van der Waals surface area contributed by atoms with Gasteiger partial charge in [-0.3, -0.25) is 14.3 Å². The molecular weight excluding hydrogens is 174 g/mol. The summed E-state index contributed by atoms with van der Waals surface area (Å²) in [4.78, 5) is 20.6. The van der Waals surface area contributed by atoms with E-state index in [1.807, 2.05) is 0 Å². The molecule has 0 aliphatic rings. The molecule has 2 N–H and O–H groups in total. The van der Waals surface area contributed by atoms with Gasteiger partial charge in [0.05, 0.1) is 6.54 Å². The molecule has 0 saturated heterocycles. The Hall–Kier alpha value is -1.85. The molecule has 0 aliphatic heterocycles. The van der Waals surface area contributed by atoms with E-state index in [0.29, 0.717) is 18.7 Å². The minimum atomic E-state index is -0.552. The van der Waals surface area contributed by atoms with E-state index in [1.165, 1.54) is 16.9 Å². The van der Waals surface area contributed by atoms with Crippen molar-refractivity contribution < 1.29 is 14.3 Å². The van der Waals surface area contributed by atoms with Crippen molar-refractivity contribution in [3.63, 3.8) is 0 Å². The van der Waals surface area contributed by atoms with E-state index in [9.17, 15) is 9.59 Å². The number of carbonyl (C=O) groups is 2. The van der Waals surface area contributed by atoms with Gasteiger partial charge in [-0.15, -0.1) is 0 Å². The molecule has 0 bridgehead atoms. The molecule has 0 saturated carbocycles. The molecule has 1 rings (SSSR count). The average Bonchev–Trinajstić information content (AvgIpc) is 2.53. The van der Waals surface area contributed by atoms with Crippen molar-refractivity contribution >= 4 is 12.4 Å². The first-order valence-electron chi connectivity index (χ1n) is 3.62. The largest absolute Gasteiger partial charge is 0.466 e. The quantitative estimate of drug-likeness (QED) is 0.476. The normalized spacial score (nSPS) is 9.54. The van der Waals surface area contributed by atoms with Gasteiger partial charge < -0.3 is 10.5 Å². The van der Waals surface area contributed by atoms with Crippen LogP contribution in [0.5, 0.6) is 0 Å². The Bertz CT molecular complexity index is 308. The second-order valence-electron chi connectivity index (χ2n) is 2.27. The lowest BCUT2D eigenvalue weighted by molar-refractivity contribution is -0.128. The van der Waals surface area contributed by atoms with Gasteiger partial charge in [0.2, 0.25) is 0 Å². The molecule has 0 unspecified atom stereocenters. The third-order valence-electron chi connectivity index (χ3n) is 1.46. The molecule has 0 radical (unpaired) electrons. The first-order chi connectivity index (χ1) is 6.25. The van der Waals surface area contributed by atoms with Crippen molar-refractivity contribution in [2.24, 2.45) is 5.73 Å². The Kier molecular flexibility index (Phi) is 3.02. The van der Waals surface area contributed by atoms with Crippen LogP contribution in [0.3, 0.4) is 0 Å². The summed E-state index contributed by atoms with van der Waals surface area (Å²) in [6, 6.07) is 1.50. The number of amides is 1. The number of ether oxygens (including phenoxy) is 1. The van der Waals surface area contributed by atoms with Gasteiger partial charge in [-0.05, 0) is 6.07 Å². The number of primary amides is 1. The molecule has 0 atom stereocenters. The number of carbonyl (C=O) groups excluding carboxylic acids is 2. The molecule has 0 spiro atoms. The summed E-state index contributed by atoms with van der Waals surface area (Å²) in [5, 5.41) is 3.83. The van der Waals surface area contributed by atoms with Crippen LogP contribution in [0.25, 0.3) is 0 Å². The SMILES string of the molecule is NC(=O)c1ccnn1CCOC=O. The van der Waals surface area contributed by atoms with E-state index in [0.717, 1.165) is 0 Å². The average molecular weight is 183 g/mol. The van der Waals surface area contributed by atoms with Gasteiger partial charge in [0, 0.05) is 6.20 Å². The van der Waals surface area contributed by atoms with Crippen LogP contribution in [0, 0.1) is 0 Å². The standard InChI is InChI=1S/C7H9N3O3/c8-7(12)6-1-2-9-10(6)3-4-13-5-11/h1-2,5H,3-4H2,(H2,8,12). The Morgan fingerprint density at radius 3 is 3.15 bits per heavy atom. The summed E-state index contributed by atoms with van der Waals surface area (Å²) in [7, 11) is 0. The smallest absolute Gasteiger partial charge is 0.293 e. The zero-order chi connectivity index (χ0) is 9.68. The molecule has 6 heteroatoms. The number of nitrogens with zero attached hydrogens (tertiary/aromatic N) is 2. The van der Waals surface area contributed by atoms with Crippen LogP contribution in [-0.4, -0.2) is 28.8 Å². The molecule has 0 aromatic carbocycles. The lowest BCUT2D eigenvalue weighted by atomic mass is 10.4. The van der Waals surface area contributed by atoms with Crippen molar-refractivity contribution in [2.45, 2.75) is 6.54 Å². The van der Waals surface area contributed by atoms with Crippen LogP contribution >= 0.6 is 0 Å². The van der Waals surface area contributed by atoms with E-state index in [2.05, 4.69) is 9.84 Å². The Morgan fingerprint density at radius 2 is 2.54 bits per heavy atom. The predicted molar refractivity (Wildman–Crippen MR) is 42.8 cm³/mol. The molecular formula is C7H9N3O3. The third kappa shape index (κ3) is 2.29. The minimum Gasteiger partial charge on any atom is -0.466 e. The fourth-order valence-corrected chi connectivity index (χ4v) is 0.907. The van der Waals surface area contributed by atoms with Crippen molar-refractivity contribution in [2.75, 3.05) is 6.61 Å². The molecule has 1 aromatic heterocycles. The second-order valence-corrected chi connectivity index (χ2v) is 2.27. The number of rotatable bonds is 5. The van der Waals surface area contributed by atoms with Crippen molar-refractivity contribution in [3.8, 4) is 0 Å². The van der Waals surface area contributed by atoms with E-state index >= 15 is 0 Å². The molecule has 1 aromatic rings. The maximum atomic E-state index is 10.8. The zero-order valence-electron chi connectivity index (χ0n) is 6.84. The number of hydrogen-bond donors (Lipinski definition) is 1. The van der Waals surface area contributed by atoms with Gasteiger partial charge in [0.15, 0.2) is 0 Å². The number of aromatic nitrogens is 2. The topological polar surface area (TPSA) is 87.2 Å². The number of nitrogens with two attached hydrogens (primary N) is 1. The highest BCUT2D eigenvalue weighted by Crippen LogP contribution is 1.96. The van der Waals surface area contributed by atoms with Gasteiger partial charge in [0.25, 0.3) is 12.4 Å². The highest BCUT2D eigenvalue weighted by atomic mass is 16.5. The summed E-state index contributed by atoms with van der Waals surface area (Å²) in [6.45, 7) is 0.836. The maximum Gasteiger partial charge on any atom is 0.293 e.